The lowest BCUT2D eigenvalue weighted by Crippen LogP contribution is -2.19. The number of rotatable bonds is 5. The Labute approximate surface area is 114 Å². The molecular formula is C15H21N3O. The van der Waals surface area contributed by atoms with E-state index in [0.717, 1.165) is 41.0 Å². The Morgan fingerprint density at radius 3 is 2.89 bits per heavy atom. The van der Waals surface area contributed by atoms with Gasteiger partial charge in [0.1, 0.15) is 0 Å². The molecule has 19 heavy (non-hydrogen) atoms. The van der Waals surface area contributed by atoms with Crippen molar-refractivity contribution in [3.05, 3.63) is 30.1 Å². The molecule has 0 bridgehead atoms. The van der Waals surface area contributed by atoms with Gasteiger partial charge in [-0.25, -0.2) is 0 Å². The van der Waals surface area contributed by atoms with Gasteiger partial charge in [0.15, 0.2) is 0 Å². The molecule has 0 saturated carbocycles. The molecule has 1 aromatic carbocycles. The van der Waals surface area contributed by atoms with Crippen LogP contribution in [0.4, 0.5) is 11.4 Å². The predicted molar refractivity (Wildman–Crippen MR) is 80.5 cm³/mol. The SMILES string of the molecule is CCOC(C)CNc1ccc(N)c2cnc(C)cc12. The summed E-state index contributed by atoms with van der Waals surface area (Å²) >= 11 is 0. The van der Waals surface area contributed by atoms with Crippen molar-refractivity contribution in [3.8, 4) is 0 Å². The quantitative estimate of drug-likeness (QED) is 0.810. The second kappa shape index (κ2) is 5.89. The van der Waals surface area contributed by atoms with Gasteiger partial charge < -0.3 is 15.8 Å². The fourth-order valence-corrected chi connectivity index (χ4v) is 2.12. The van der Waals surface area contributed by atoms with Gasteiger partial charge in [-0.05, 0) is 39.0 Å². The van der Waals surface area contributed by atoms with Crippen molar-refractivity contribution in [2.45, 2.75) is 26.9 Å². The first kappa shape index (κ1) is 13.6. The summed E-state index contributed by atoms with van der Waals surface area (Å²) < 4.78 is 5.52. The molecule has 2 aromatic rings. The zero-order valence-corrected chi connectivity index (χ0v) is 11.7. The number of hydrogen-bond acceptors (Lipinski definition) is 4. The van der Waals surface area contributed by atoms with Gasteiger partial charge in [-0.3, -0.25) is 4.98 Å². The highest BCUT2D eigenvalue weighted by Crippen LogP contribution is 2.28. The molecule has 102 valence electrons. The highest BCUT2D eigenvalue weighted by molar-refractivity contribution is 6.00. The van der Waals surface area contributed by atoms with E-state index >= 15 is 0 Å². The zero-order valence-electron chi connectivity index (χ0n) is 11.7. The van der Waals surface area contributed by atoms with Gasteiger partial charge in [0.05, 0.1) is 6.10 Å². The molecule has 2 rings (SSSR count). The molecule has 3 N–H and O–H groups in total. The third-order valence-corrected chi connectivity index (χ3v) is 3.10. The molecule has 4 nitrogen and oxygen atoms in total. The maximum Gasteiger partial charge on any atom is 0.0719 e. The van der Waals surface area contributed by atoms with Crippen LogP contribution in [0.2, 0.25) is 0 Å². The van der Waals surface area contributed by atoms with E-state index in [0.29, 0.717) is 0 Å². The van der Waals surface area contributed by atoms with E-state index in [1.54, 1.807) is 0 Å². The van der Waals surface area contributed by atoms with Crippen molar-refractivity contribution >= 4 is 22.1 Å². The van der Waals surface area contributed by atoms with Crippen LogP contribution in [0.1, 0.15) is 19.5 Å². The Bertz CT molecular complexity index is 569. The maximum atomic E-state index is 5.99. The van der Waals surface area contributed by atoms with E-state index in [9.17, 15) is 0 Å². The summed E-state index contributed by atoms with van der Waals surface area (Å²) in [6.07, 6.45) is 2.01. The standard InChI is InChI=1S/C15H21N3O/c1-4-19-11(3)8-18-15-6-5-14(16)13-9-17-10(2)7-12(13)15/h5-7,9,11,18H,4,8,16H2,1-3H3. The highest BCUT2D eigenvalue weighted by Gasteiger charge is 2.07. The fourth-order valence-electron chi connectivity index (χ4n) is 2.12. The summed E-state index contributed by atoms with van der Waals surface area (Å²) in [5.41, 5.74) is 8.80. The number of aryl methyl sites for hydroxylation is 1. The number of anilines is 2. The van der Waals surface area contributed by atoms with Gasteiger partial charge >= 0.3 is 0 Å². The van der Waals surface area contributed by atoms with Crippen LogP contribution >= 0.6 is 0 Å². The molecule has 0 aliphatic carbocycles. The molecule has 4 heteroatoms. The van der Waals surface area contributed by atoms with Crippen molar-refractivity contribution in [3.63, 3.8) is 0 Å². The van der Waals surface area contributed by atoms with Crippen molar-refractivity contribution in [2.75, 3.05) is 24.2 Å². The second-order valence-corrected chi connectivity index (χ2v) is 4.72. The monoisotopic (exact) mass is 259 g/mol. The van der Waals surface area contributed by atoms with Crippen LogP contribution < -0.4 is 11.1 Å². The lowest BCUT2D eigenvalue weighted by molar-refractivity contribution is 0.0855. The lowest BCUT2D eigenvalue weighted by atomic mass is 10.1. The molecule has 0 fully saturated rings. The number of nitrogens with one attached hydrogen (secondary N) is 1. The van der Waals surface area contributed by atoms with E-state index in [2.05, 4.69) is 23.3 Å². The first-order chi connectivity index (χ1) is 9.11. The molecule has 1 atom stereocenters. The molecule has 0 amide bonds. The van der Waals surface area contributed by atoms with Gasteiger partial charge in [-0.2, -0.15) is 0 Å². The molecule has 0 spiro atoms. The normalized spacial score (nSPS) is 12.6. The summed E-state index contributed by atoms with van der Waals surface area (Å²) in [6, 6.07) is 5.97. The average molecular weight is 259 g/mol. The van der Waals surface area contributed by atoms with Crippen LogP contribution in [0.3, 0.4) is 0 Å². The van der Waals surface area contributed by atoms with E-state index in [-0.39, 0.29) is 6.10 Å². The van der Waals surface area contributed by atoms with Crippen LogP contribution in [0, 0.1) is 6.92 Å². The maximum absolute atomic E-state index is 5.99. The average Bonchev–Trinajstić information content (AvgIpc) is 2.38. The fraction of sp³-hybridized carbons (Fsp3) is 0.400. The highest BCUT2D eigenvalue weighted by atomic mass is 16.5. The zero-order chi connectivity index (χ0) is 13.8. The summed E-state index contributed by atoms with van der Waals surface area (Å²) in [5, 5.41) is 5.51. The summed E-state index contributed by atoms with van der Waals surface area (Å²) in [6.45, 7) is 7.55. The first-order valence-corrected chi connectivity index (χ1v) is 6.62. The van der Waals surface area contributed by atoms with Gasteiger partial charge in [0, 0.05) is 47.2 Å². The van der Waals surface area contributed by atoms with E-state index in [1.165, 1.54) is 0 Å². The molecule has 1 heterocycles. The Kier molecular flexibility index (Phi) is 4.22. The van der Waals surface area contributed by atoms with Crippen LogP contribution in [-0.4, -0.2) is 24.2 Å². The van der Waals surface area contributed by atoms with E-state index < -0.39 is 0 Å². The number of hydrogen-bond donors (Lipinski definition) is 2. The first-order valence-electron chi connectivity index (χ1n) is 6.62. The summed E-state index contributed by atoms with van der Waals surface area (Å²) in [5.74, 6) is 0. The van der Waals surface area contributed by atoms with E-state index in [1.807, 2.05) is 32.2 Å². The third-order valence-electron chi connectivity index (χ3n) is 3.10. The Hall–Kier alpha value is -1.81. The molecule has 1 aromatic heterocycles. The van der Waals surface area contributed by atoms with Gasteiger partial charge in [0.2, 0.25) is 0 Å². The molecule has 0 aliphatic rings. The molecular weight excluding hydrogens is 238 g/mol. The van der Waals surface area contributed by atoms with Crippen molar-refractivity contribution in [1.82, 2.24) is 4.98 Å². The minimum absolute atomic E-state index is 0.181. The topological polar surface area (TPSA) is 60.2 Å². The van der Waals surface area contributed by atoms with Crippen molar-refractivity contribution < 1.29 is 4.74 Å². The molecule has 0 aliphatic heterocycles. The summed E-state index contributed by atoms with van der Waals surface area (Å²) in [4.78, 5) is 4.30. The number of aromatic nitrogens is 1. The van der Waals surface area contributed by atoms with E-state index in [4.69, 9.17) is 10.5 Å². The van der Waals surface area contributed by atoms with Gasteiger partial charge in [-0.15, -0.1) is 0 Å². The number of nitrogens with two attached hydrogens (primary N) is 1. The van der Waals surface area contributed by atoms with Gasteiger partial charge in [-0.1, -0.05) is 0 Å². The van der Waals surface area contributed by atoms with Crippen LogP contribution in [0.25, 0.3) is 10.8 Å². The van der Waals surface area contributed by atoms with Crippen LogP contribution in [0.5, 0.6) is 0 Å². The van der Waals surface area contributed by atoms with Crippen molar-refractivity contribution in [1.29, 1.82) is 0 Å². The second-order valence-electron chi connectivity index (χ2n) is 4.72. The number of benzene rings is 1. The number of pyridine rings is 1. The minimum Gasteiger partial charge on any atom is -0.398 e. The predicted octanol–water partition coefficient (Wildman–Crippen LogP) is 2.96. The van der Waals surface area contributed by atoms with Crippen LogP contribution in [-0.2, 0) is 4.74 Å². The molecule has 0 saturated heterocycles. The summed E-state index contributed by atoms with van der Waals surface area (Å²) in [7, 11) is 0. The smallest absolute Gasteiger partial charge is 0.0719 e. The molecule has 0 radical (unpaired) electrons. The number of fused-ring (bicyclic) bond motifs is 1. The van der Waals surface area contributed by atoms with Gasteiger partial charge in [0.25, 0.3) is 0 Å². The Morgan fingerprint density at radius 1 is 1.37 bits per heavy atom. The number of ether oxygens (including phenoxy) is 1. The Balaban J connectivity index is 2.28. The molecule has 1 unspecified atom stereocenters. The lowest BCUT2D eigenvalue weighted by Gasteiger charge is -2.16. The van der Waals surface area contributed by atoms with Crippen LogP contribution in [0.15, 0.2) is 24.4 Å². The number of nitrogen functional groups attached to an aromatic ring is 1. The largest absolute Gasteiger partial charge is 0.398 e. The van der Waals surface area contributed by atoms with Crippen molar-refractivity contribution in [2.24, 2.45) is 0 Å². The number of nitrogens with zero attached hydrogens (tertiary/aromatic N) is 1. The minimum atomic E-state index is 0.181. The Morgan fingerprint density at radius 2 is 2.16 bits per heavy atom. The third kappa shape index (κ3) is 3.15.